The molecule has 1 aromatic heterocycles. The van der Waals surface area contributed by atoms with Gasteiger partial charge < -0.3 is 14.0 Å². The normalized spacial score (nSPS) is 14.9. The van der Waals surface area contributed by atoms with Crippen LogP contribution in [0.25, 0.3) is 11.8 Å². The number of hydrogen-bond acceptors (Lipinski definition) is 5. The van der Waals surface area contributed by atoms with Crippen molar-refractivity contribution >= 4 is 29.0 Å². The smallest absolute Gasteiger partial charge is 0.293 e. The van der Waals surface area contributed by atoms with Crippen molar-refractivity contribution in [2.45, 2.75) is 13.8 Å². The highest BCUT2D eigenvalue weighted by Crippen LogP contribution is 2.34. The van der Waals surface area contributed by atoms with Gasteiger partial charge in [-0.3, -0.25) is 14.5 Å². The number of carbonyl (C=O) groups is 2. The third kappa shape index (κ3) is 4.66. The molecule has 33 heavy (non-hydrogen) atoms. The number of thioether (sulfide) groups is 1. The van der Waals surface area contributed by atoms with Crippen LogP contribution in [0.5, 0.6) is 11.5 Å². The molecule has 8 heteroatoms. The Morgan fingerprint density at radius 3 is 2.42 bits per heavy atom. The first kappa shape index (κ1) is 22.7. The molecule has 6 nitrogen and oxygen atoms in total. The highest BCUT2D eigenvalue weighted by Gasteiger charge is 2.35. The van der Waals surface area contributed by atoms with Crippen LogP contribution < -0.4 is 9.47 Å². The van der Waals surface area contributed by atoms with E-state index in [1.54, 1.807) is 37.5 Å². The Kier molecular flexibility index (Phi) is 6.55. The molecule has 0 bridgehead atoms. The second kappa shape index (κ2) is 9.54. The molecule has 0 aliphatic carbocycles. The zero-order chi connectivity index (χ0) is 23.5. The van der Waals surface area contributed by atoms with E-state index in [2.05, 4.69) is 0 Å². The lowest BCUT2D eigenvalue weighted by Crippen LogP contribution is -2.32. The van der Waals surface area contributed by atoms with Crippen molar-refractivity contribution in [2.24, 2.45) is 0 Å². The molecule has 0 unspecified atom stereocenters. The summed E-state index contributed by atoms with van der Waals surface area (Å²) in [5, 5.41) is -0.331. The van der Waals surface area contributed by atoms with Gasteiger partial charge >= 0.3 is 0 Å². The van der Waals surface area contributed by atoms with Crippen LogP contribution in [0.3, 0.4) is 0 Å². The van der Waals surface area contributed by atoms with Gasteiger partial charge in [-0.2, -0.15) is 0 Å². The van der Waals surface area contributed by atoms with E-state index in [-0.39, 0.29) is 30.1 Å². The molecular weight excluding hydrogens is 443 g/mol. The summed E-state index contributed by atoms with van der Waals surface area (Å²) >= 11 is 0.912. The standard InChI is InChI=1S/C25H23FN2O4S/c1-16-14-18(17(2)28(16)20-10-8-19(26)9-11-20)15-23-24(29)27(25(30)33-23)12-13-32-22-7-5-4-6-21(22)31-3/h4-11,14-15H,12-13H2,1-3H3/b23-15-. The fourth-order valence-electron chi connectivity index (χ4n) is 3.74. The minimum absolute atomic E-state index is 0.134. The van der Waals surface area contributed by atoms with Gasteiger partial charge in [0.15, 0.2) is 11.5 Å². The predicted molar refractivity (Wildman–Crippen MR) is 126 cm³/mol. The lowest BCUT2D eigenvalue weighted by Gasteiger charge is -2.14. The first-order chi connectivity index (χ1) is 15.9. The number of hydrogen-bond donors (Lipinski definition) is 0. The highest BCUT2D eigenvalue weighted by atomic mass is 32.2. The Labute approximate surface area is 195 Å². The molecule has 0 radical (unpaired) electrons. The number of carbonyl (C=O) groups excluding carboxylic acids is 2. The Bertz CT molecular complexity index is 1230. The van der Waals surface area contributed by atoms with Gasteiger partial charge in [-0.05, 0) is 79.7 Å². The van der Waals surface area contributed by atoms with Crippen LogP contribution in [0.2, 0.25) is 0 Å². The zero-order valence-corrected chi connectivity index (χ0v) is 19.3. The number of amides is 2. The molecule has 0 N–H and O–H groups in total. The topological polar surface area (TPSA) is 60.8 Å². The molecule has 2 heterocycles. The van der Waals surface area contributed by atoms with E-state index in [1.165, 1.54) is 17.0 Å². The monoisotopic (exact) mass is 466 g/mol. The summed E-state index contributed by atoms with van der Waals surface area (Å²) in [4.78, 5) is 26.9. The maximum Gasteiger partial charge on any atom is 0.293 e. The molecule has 4 rings (SSSR count). The van der Waals surface area contributed by atoms with E-state index in [4.69, 9.17) is 9.47 Å². The molecule has 0 saturated carbocycles. The number of imide groups is 1. The first-order valence-electron chi connectivity index (χ1n) is 10.3. The summed E-state index contributed by atoms with van der Waals surface area (Å²) in [5.41, 5.74) is 3.49. The molecule has 2 aromatic carbocycles. The SMILES string of the molecule is COc1ccccc1OCCN1C(=O)S/C(=C\c2cc(C)n(-c3ccc(F)cc3)c2C)C1=O. The van der Waals surface area contributed by atoms with Crippen molar-refractivity contribution in [2.75, 3.05) is 20.3 Å². The lowest BCUT2D eigenvalue weighted by molar-refractivity contribution is -0.123. The summed E-state index contributed by atoms with van der Waals surface area (Å²) in [6.07, 6.45) is 1.73. The Morgan fingerprint density at radius 1 is 1.03 bits per heavy atom. The van der Waals surface area contributed by atoms with Crippen LogP contribution >= 0.6 is 11.8 Å². The molecule has 1 aliphatic heterocycles. The number of aromatic nitrogens is 1. The van der Waals surface area contributed by atoms with Crippen LogP contribution in [0.15, 0.2) is 59.5 Å². The van der Waals surface area contributed by atoms with Crippen LogP contribution in [0.1, 0.15) is 17.0 Å². The average Bonchev–Trinajstić information content (AvgIpc) is 3.23. The number of methoxy groups -OCH3 is 1. The van der Waals surface area contributed by atoms with E-state index in [9.17, 15) is 14.0 Å². The molecule has 0 atom stereocenters. The van der Waals surface area contributed by atoms with Crippen LogP contribution in [-0.2, 0) is 4.79 Å². The predicted octanol–water partition coefficient (Wildman–Crippen LogP) is 5.36. The third-order valence-corrected chi connectivity index (χ3v) is 6.26. The molecule has 1 aliphatic rings. The first-order valence-corrected chi connectivity index (χ1v) is 11.2. The number of benzene rings is 2. The van der Waals surface area contributed by atoms with E-state index in [0.717, 1.165) is 34.4 Å². The Hall–Kier alpha value is -3.52. The van der Waals surface area contributed by atoms with Gasteiger partial charge in [-0.25, -0.2) is 4.39 Å². The Morgan fingerprint density at radius 2 is 1.73 bits per heavy atom. The lowest BCUT2D eigenvalue weighted by atomic mass is 10.2. The third-order valence-electron chi connectivity index (χ3n) is 5.36. The van der Waals surface area contributed by atoms with Crippen molar-refractivity contribution < 1.29 is 23.5 Å². The summed E-state index contributed by atoms with van der Waals surface area (Å²) in [5.74, 6) is 0.490. The molecule has 2 amide bonds. The number of para-hydroxylation sites is 2. The summed E-state index contributed by atoms with van der Waals surface area (Å²) in [6, 6.07) is 15.4. The van der Waals surface area contributed by atoms with Gasteiger partial charge in [0.25, 0.3) is 11.1 Å². The van der Waals surface area contributed by atoms with Gasteiger partial charge in [0.2, 0.25) is 0 Å². The highest BCUT2D eigenvalue weighted by molar-refractivity contribution is 8.18. The number of halogens is 1. The fraction of sp³-hybridized carbons (Fsp3) is 0.200. The fourth-order valence-corrected chi connectivity index (χ4v) is 4.60. The molecule has 170 valence electrons. The molecule has 3 aromatic rings. The van der Waals surface area contributed by atoms with Crippen molar-refractivity contribution in [3.05, 3.63) is 82.3 Å². The molecule has 1 saturated heterocycles. The maximum absolute atomic E-state index is 13.3. The van der Waals surface area contributed by atoms with E-state index < -0.39 is 0 Å². The quantitative estimate of drug-likeness (QED) is 0.439. The van der Waals surface area contributed by atoms with E-state index >= 15 is 0 Å². The zero-order valence-electron chi connectivity index (χ0n) is 18.5. The molecule has 0 spiro atoms. The van der Waals surface area contributed by atoms with Crippen LogP contribution in [0, 0.1) is 19.7 Å². The van der Waals surface area contributed by atoms with Gasteiger partial charge in [0.1, 0.15) is 12.4 Å². The van der Waals surface area contributed by atoms with Gasteiger partial charge in [-0.15, -0.1) is 0 Å². The summed E-state index contributed by atoms with van der Waals surface area (Å²) in [7, 11) is 1.55. The summed E-state index contributed by atoms with van der Waals surface area (Å²) in [6.45, 7) is 4.15. The van der Waals surface area contributed by atoms with Crippen molar-refractivity contribution in [3.63, 3.8) is 0 Å². The number of rotatable bonds is 7. The molecular formula is C25H23FN2O4S. The minimum Gasteiger partial charge on any atom is -0.493 e. The number of nitrogens with zero attached hydrogens (tertiary/aromatic N) is 2. The minimum atomic E-state index is -0.347. The second-order valence-corrected chi connectivity index (χ2v) is 8.46. The van der Waals surface area contributed by atoms with Gasteiger partial charge in [0, 0.05) is 17.1 Å². The summed E-state index contributed by atoms with van der Waals surface area (Å²) < 4.78 is 26.2. The van der Waals surface area contributed by atoms with E-state index in [1.807, 2.05) is 36.6 Å². The average molecular weight is 467 g/mol. The number of aryl methyl sites for hydroxylation is 1. The largest absolute Gasteiger partial charge is 0.493 e. The Balaban J connectivity index is 1.49. The van der Waals surface area contributed by atoms with Crippen LogP contribution in [0.4, 0.5) is 9.18 Å². The second-order valence-electron chi connectivity index (χ2n) is 7.47. The van der Waals surface area contributed by atoms with Crippen molar-refractivity contribution in [3.8, 4) is 17.2 Å². The van der Waals surface area contributed by atoms with Crippen molar-refractivity contribution in [1.29, 1.82) is 0 Å². The number of ether oxygens (including phenoxy) is 2. The molecule has 1 fully saturated rings. The van der Waals surface area contributed by atoms with Gasteiger partial charge in [0.05, 0.1) is 18.6 Å². The van der Waals surface area contributed by atoms with E-state index in [0.29, 0.717) is 16.4 Å². The van der Waals surface area contributed by atoms with Crippen LogP contribution in [-0.4, -0.2) is 40.9 Å². The van der Waals surface area contributed by atoms with Gasteiger partial charge in [-0.1, -0.05) is 12.1 Å². The van der Waals surface area contributed by atoms with Crippen molar-refractivity contribution in [1.82, 2.24) is 9.47 Å². The maximum atomic E-state index is 13.3.